The van der Waals surface area contributed by atoms with Crippen molar-refractivity contribution in [3.63, 3.8) is 0 Å². The van der Waals surface area contributed by atoms with Gasteiger partial charge in [0.25, 0.3) is 0 Å². The molecule has 1 aliphatic carbocycles. The van der Waals surface area contributed by atoms with Gasteiger partial charge in [-0.15, -0.1) is 0 Å². The summed E-state index contributed by atoms with van der Waals surface area (Å²) in [6.45, 7) is 6.95. The first-order chi connectivity index (χ1) is 13.4. The van der Waals surface area contributed by atoms with Gasteiger partial charge in [-0.3, -0.25) is 0 Å². The van der Waals surface area contributed by atoms with Crippen LogP contribution in [0, 0.1) is 5.41 Å². The van der Waals surface area contributed by atoms with Gasteiger partial charge in [-0.05, 0) is 49.8 Å². The number of aliphatic hydroxyl groups is 2. The fraction of sp³-hybridized carbons (Fsp3) is 0.565. The SMILES string of the molecule is CC1(C)Cc2nc(C3CCN(C[C@H](O)c4ccccc4)CC3)ncc2[C@H](O)C1. The molecule has 1 aliphatic heterocycles. The van der Waals surface area contributed by atoms with E-state index in [1.807, 2.05) is 36.5 Å². The van der Waals surface area contributed by atoms with Crippen molar-refractivity contribution in [2.24, 2.45) is 5.41 Å². The number of β-amino-alcohol motifs (C(OH)–C–C–N with tert-alkyl or cyclic N) is 1. The summed E-state index contributed by atoms with van der Waals surface area (Å²) in [5, 5.41) is 20.9. The Bertz CT molecular complexity index is 801. The smallest absolute Gasteiger partial charge is 0.131 e. The summed E-state index contributed by atoms with van der Waals surface area (Å²) in [7, 11) is 0. The molecule has 5 heteroatoms. The van der Waals surface area contributed by atoms with E-state index in [2.05, 4.69) is 23.7 Å². The van der Waals surface area contributed by atoms with E-state index in [-0.39, 0.29) is 5.41 Å². The summed E-state index contributed by atoms with van der Waals surface area (Å²) in [6, 6.07) is 9.87. The van der Waals surface area contributed by atoms with Crippen LogP contribution in [0.25, 0.3) is 0 Å². The molecule has 2 aromatic rings. The Morgan fingerprint density at radius 2 is 1.89 bits per heavy atom. The van der Waals surface area contributed by atoms with Crippen LogP contribution < -0.4 is 0 Å². The molecule has 2 N–H and O–H groups in total. The Balaban J connectivity index is 1.38. The second kappa shape index (κ2) is 7.90. The predicted octanol–water partition coefficient (Wildman–Crippen LogP) is 3.40. The first-order valence-corrected chi connectivity index (χ1v) is 10.4. The molecule has 2 heterocycles. The van der Waals surface area contributed by atoms with Crippen LogP contribution in [-0.4, -0.2) is 44.7 Å². The van der Waals surface area contributed by atoms with Crippen molar-refractivity contribution >= 4 is 0 Å². The summed E-state index contributed by atoms with van der Waals surface area (Å²) in [6.07, 6.45) is 4.64. The lowest BCUT2D eigenvalue weighted by Crippen LogP contribution is -2.36. The molecule has 2 atom stereocenters. The fourth-order valence-electron chi connectivity index (χ4n) is 4.62. The zero-order chi connectivity index (χ0) is 19.7. The molecule has 150 valence electrons. The van der Waals surface area contributed by atoms with Gasteiger partial charge in [0.15, 0.2) is 0 Å². The summed E-state index contributed by atoms with van der Waals surface area (Å²) in [5.41, 5.74) is 2.99. The van der Waals surface area contributed by atoms with Crippen LogP contribution in [0.15, 0.2) is 36.5 Å². The van der Waals surface area contributed by atoms with E-state index in [0.29, 0.717) is 12.5 Å². The van der Waals surface area contributed by atoms with E-state index >= 15 is 0 Å². The van der Waals surface area contributed by atoms with E-state index in [4.69, 9.17) is 4.98 Å². The maximum absolute atomic E-state index is 10.5. The van der Waals surface area contributed by atoms with Crippen molar-refractivity contribution in [1.29, 1.82) is 0 Å². The molecular weight excluding hydrogens is 350 g/mol. The van der Waals surface area contributed by atoms with Gasteiger partial charge in [-0.25, -0.2) is 9.97 Å². The molecule has 0 unspecified atom stereocenters. The highest BCUT2D eigenvalue weighted by Gasteiger charge is 2.33. The highest BCUT2D eigenvalue weighted by Crippen LogP contribution is 2.40. The average molecular weight is 382 g/mol. The number of hydrogen-bond donors (Lipinski definition) is 2. The van der Waals surface area contributed by atoms with Crippen LogP contribution in [0.3, 0.4) is 0 Å². The minimum Gasteiger partial charge on any atom is -0.388 e. The molecule has 28 heavy (non-hydrogen) atoms. The van der Waals surface area contributed by atoms with E-state index in [9.17, 15) is 10.2 Å². The molecule has 4 rings (SSSR count). The largest absolute Gasteiger partial charge is 0.388 e. The van der Waals surface area contributed by atoms with Crippen molar-refractivity contribution in [3.8, 4) is 0 Å². The van der Waals surface area contributed by atoms with Crippen molar-refractivity contribution in [2.75, 3.05) is 19.6 Å². The zero-order valence-electron chi connectivity index (χ0n) is 16.9. The second-order valence-corrected chi connectivity index (χ2v) is 9.19. The zero-order valence-corrected chi connectivity index (χ0v) is 16.9. The minimum absolute atomic E-state index is 0.0784. The fourth-order valence-corrected chi connectivity index (χ4v) is 4.62. The molecule has 1 aromatic heterocycles. The molecule has 0 bridgehead atoms. The van der Waals surface area contributed by atoms with Crippen LogP contribution in [0.2, 0.25) is 0 Å². The number of nitrogens with zero attached hydrogens (tertiary/aromatic N) is 3. The number of rotatable bonds is 4. The monoisotopic (exact) mass is 381 g/mol. The first kappa shape index (κ1) is 19.5. The molecule has 1 saturated heterocycles. The summed E-state index contributed by atoms with van der Waals surface area (Å²) >= 11 is 0. The van der Waals surface area contributed by atoms with Gasteiger partial charge in [0.05, 0.1) is 17.9 Å². The first-order valence-electron chi connectivity index (χ1n) is 10.4. The van der Waals surface area contributed by atoms with Gasteiger partial charge < -0.3 is 15.1 Å². The van der Waals surface area contributed by atoms with Crippen molar-refractivity contribution in [2.45, 2.75) is 57.7 Å². The van der Waals surface area contributed by atoms with Gasteiger partial charge in [-0.1, -0.05) is 44.2 Å². The normalized spacial score (nSPS) is 23.9. The van der Waals surface area contributed by atoms with Crippen LogP contribution in [-0.2, 0) is 6.42 Å². The van der Waals surface area contributed by atoms with Gasteiger partial charge in [0, 0.05) is 24.2 Å². The number of hydrogen-bond acceptors (Lipinski definition) is 5. The van der Waals surface area contributed by atoms with Crippen LogP contribution in [0.1, 0.15) is 73.9 Å². The van der Waals surface area contributed by atoms with E-state index in [0.717, 1.165) is 61.4 Å². The summed E-state index contributed by atoms with van der Waals surface area (Å²) in [4.78, 5) is 11.8. The molecule has 1 aromatic carbocycles. The van der Waals surface area contributed by atoms with Crippen LogP contribution in [0.4, 0.5) is 0 Å². The standard InChI is InChI=1S/C23H31N3O2/c1-23(2)12-19-18(20(27)13-23)14-24-22(25-19)17-8-10-26(11-9-17)15-21(28)16-6-4-3-5-7-16/h3-7,14,17,20-21,27-28H,8-13,15H2,1-2H3/t20-,21+/m1/s1. The molecule has 0 spiro atoms. The van der Waals surface area contributed by atoms with E-state index in [1.54, 1.807) is 0 Å². The summed E-state index contributed by atoms with van der Waals surface area (Å²) in [5.74, 6) is 1.28. The molecular formula is C23H31N3O2. The number of benzene rings is 1. The van der Waals surface area contributed by atoms with Gasteiger partial charge in [0.2, 0.25) is 0 Å². The number of fused-ring (bicyclic) bond motifs is 1. The Morgan fingerprint density at radius 3 is 2.61 bits per heavy atom. The lowest BCUT2D eigenvalue weighted by atomic mass is 9.75. The molecule has 0 saturated carbocycles. The second-order valence-electron chi connectivity index (χ2n) is 9.19. The quantitative estimate of drug-likeness (QED) is 0.850. The van der Waals surface area contributed by atoms with Crippen molar-refractivity contribution in [3.05, 3.63) is 59.2 Å². The van der Waals surface area contributed by atoms with Gasteiger partial charge >= 0.3 is 0 Å². The van der Waals surface area contributed by atoms with Crippen molar-refractivity contribution in [1.82, 2.24) is 14.9 Å². The number of aliphatic hydroxyl groups excluding tert-OH is 2. The van der Waals surface area contributed by atoms with Crippen LogP contribution in [0.5, 0.6) is 0 Å². The third-order valence-electron chi connectivity index (χ3n) is 6.24. The third-order valence-corrected chi connectivity index (χ3v) is 6.24. The minimum atomic E-state index is -0.450. The lowest BCUT2D eigenvalue weighted by molar-refractivity contribution is 0.0946. The highest BCUT2D eigenvalue weighted by atomic mass is 16.3. The highest BCUT2D eigenvalue weighted by molar-refractivity contribution is 5.26. The summed E-state index contributed by atoms with van der Waals surface area (Å²) < 4.78 is 0. The Labute approximate surface area is 167 Å². The van der Waals surface area contributed by atoms with Crippen molar-refractivity contribution < 1.29 is 10.2 Å². The number of aromatic nitrogens is 2. The molecule has 5 nitrogen and oxygen atoms in total. The lowest BCUT2D eigenvalue weighted by Gasteiger charge is -2.35. The molecule has 2 aliphatic rings. The average Bonchev–Trinajstić information content (AvgIpc) is 2.68. The Morgan fingerprint density at radius 1 is 1.18 bits per heavy atom. The predicted molar refractivity (Wildman–Crippen MR) is 109 cm³/mol. The maximum atomic E-state index is 10.5. The molecule has 0 amide bonds. The maximum Gasteiger partial charge on any atom is 0.131 e. The number of likely N-dealkylation sites (tertiary alicyclic amines) is 1. The van der Waals surface area contributed by atoms with Gasteiger partial charge in [0.1, 0.15) is 5.82 Å². The van der Waals surface area contributed by atoms with E-state index < -0.39 is 12.2 Å². The van der Waals surface area contributed by atoms with Gasteiger partial charge in [-0.2, -0.15) is 0 Å². The number of piperidine rings is 1. The Kier molecular flexibility index (Phi) is 5.50. The third kappa shape index (κ3) is 4.27. The van der Waals surface area contributed by atoms with Crippen LogP contribution >= 0.6 is 0 Å². The van der Waals surface area contributed by atoms with E-state index in [1.165, 1.54) is 0 Å². The Hall–Kier alpha value is -1.82. The topological polar surface area (TPSA) is 69.5 Å². The molecule has 1 fully saturated rings. The molecule has 0 radical (unpaired) electrons.